The van der Waals surface area contributed by atoms with Gasteiger partial charge in [0, 0.05) is 13.6 Å². The predicted octanol–water partition coefficient (Wildman–Crippen LogP) is -0.581. The predicted molar refractivity (Wildman–Crippen MR) is 72.3 cm³/mol. The highest BCUT2D eigenvalue weighted by Gasteiger charge is 2.28. The molecule has 112 valence electrons. The Morgan fingerprint density at radius 3 is 3.10 bits per heavy atom. The quantitative estimate of drug-likeness (QED) is 0.676. The zero-order valence-electron chi connectivity index (χ0n) is 11.2. The van der Waals surface area contributed by atoms with Crippen LogP contribution in [0, 0.1) is 0 Å². The first-order valence-electron chi connectivity index (χ1n) is 6.31. The maximum absolute atomic E-state index is 11.4. The third kappa shape index (κ3) is 2.40. The second-order valence-corrected chi connectivity index (χ2v) is 4.66. The summed E-state index contributed by atoms with van der Waals surface area (Å²) in [6, 6.07) is 0. The number of H-pyrrole nitrogens is 2. The summed E-state index contributed by atoms with van der Waals surface area (Å²) >= 11 is 0. The van der Waals surface area contributed by atoms with Crippen molar-refractivity contribution in [1.29, 1.82) is 0 Å². The SMILES string of the molecule is CN(C(=O)O)C1CN(c2ncnc3[nH]c(=O)[nH]c23)CCO1. The lowest BCUT2D eigenvalue weighted by atomic mass is 10.3. The lowest BCUT2D eigenvalue weighted by Gasteiger charge is -2.36. The molecule has 2 aromatic heterocycles. The Bertz CT molecular complexity index is 725. The average molecular weight is 294 g/mol. The Morgan fingerprint density at radius 2 is 2.33 bits per heavy atom. The monoisotopic (exact) mass is 294 g/mol. The van der Waals surface area contributed by atoms with Crippen LogP contribution in [0.1, 0.15) is 0 Å². The lowest BCUT2D eigenvalue weighted by molar-refractivity contribution is -0.0447. The molecule has 1 amide bonds. The van der Waals surface area contributed by atoms with Gasteiger partial charge in [-0.3, -0.25) is 9.88 Å². The molecular formula is C11H14N6O4. The van der Waals surface area contributed by atoms with Crippen LogP contribution in [0.3, 0.4) is 0 Å². The number of ether oxygens (including phenoxy) is 1. The zero-order valence-corrected chi connectivity index (χ0v) is 11.2. The van der Waals surface area contributed by atoms with E-state index in [4.69, 9.17) is 9.84 Å². The van der Waals surface area contributed by atoms with E-state index in [0.717, 1.165) is 4.90 Å². The van der Waals surface area contributed by atoms with E-state index in [1.165, 1.54) is 13.4 Å². The largest absolute Gasteiger partial charge is 0.465 e. The van der Waals surface area contributed by atoms with E-state index in [1.54, 1.807) is 0 Å². The Morgan fingerprint density at radius 1 is 1.52 bits per heavy atom. The molecule has 1 unspecified atom stereocenters. The summed E-state index contributed by atoms with van der Waals surface area (Å²) < 4.78 is 5.45. The van der Waals surface area contributed by atoms with Gasteiger partial charge in [-0.15, -0.1) is 0 Å². The number of likely N-dealkylation sites (N-methyl/N-ethyl adjacent to an activating group) is 1. The number of aromatic amines is 2. The number of carboxylic acid groups (broad SMARTS) is 1. The normalized spacial score (nSPS) is 18.9. The van der Waals surface area contributed by atoms with Gasteiger partial charge in [0.05, 0.1) is 13.2 Å². The Kier molecular flexibility index (Phi) is 3.22. The number of hydrogen-bond acceptors (Lipinski definition) is 6. The van der Waals surface area contributed by atoms with Crippen molar-refractivity contribution in [2.75, 3.05) is 31.6 Å². The number of fused-ring (bicyclic) bond motifs is 1. The number of nitrogens with zero attached hydrogens (tertiary/aromatic N) is 4. The molecule has 21 heavy (non-hydrogen) atoms. The molecule has 0 aromatic carbocycles. The van der Waals surface area contributed by atoms with E-state index in [0.29, 0.717) is 36.7 Å². The summed E-state index contributed by atoms with van der Waals surface area (Å²) in [4.78, 5) is 38.7. The van der Waals surface area contributed by atoms with Gasteiger partial charge >= 0.3 is 11.8 Å². The number of amides is 1. The van der Waals surface area contributed by atoms with Crippen molar-refractivity contribution in [2.45, 2.75) is 6.23 Å². The molecule has 0 bridgehead atoms. The minimum Gasteiger partial charge on any atom is -0.465 e. The van der Waals surface area contributed by atoms with Gasteiger partial charge in [0.1, 0.15) is 11.8 Å². The van der Waals surface area contributed by atoms with Crippen LogP contribution in [0.4, 0.5) is 10.6 Å². The first-order chi connectivity index (χ1) is 10.1. The number of anilines is 1. The van der Waals surface area contributed by atoms with Crippen molar-refractivity contribution in [2.24, 2.45) is 0 Å². The molecule has 0 spiro atoms. The van der Waals surface area contributed by atoms with Crippen molar-refractivity contribution in [3.8, 4) is 0 Å². The fourth-order valence-electron chi connectivity index (χ4n) is 2.26. The van der Waals surface area contributed by atoms with Crippen LogP contribution in [0.5, 0.6) is 0 Å². The van der Waals surface area contributed by atoms with Gasteiger partial charge < -0.3 is 19.7 Å². The van der Waals surface area contributed by atoms with Gasteiger partial charge in [0.2, 0.25) is 0 Å². The number of rotatable bonds is 2. The highest BCUT2D eigenvalue weighted by molar-refractivity contribution is 5.82. The maximum atomic E-state index is 11.4. The van der Waals surface area contributed by atoms with E-state index in [9.17, 15) is 9.59 Å². The highest BCUT2D eigenvalue weighted by atomic mass is 16.5. The molecule has 0 aliphatic carbocycles. The fourth-order valence-corrected chi connectivity index (χ4v) is 2.26. The van der Waals surface area contributed by atoms with Crippen molar-refractivity contribution in [3.05, 3.63) is 16.8 Å². The molecular weight excluding hydrogens is 280 g/mol. The first kappa shape index (κ1) is 13.4. The van der Waals surface area contributed by atoms with Crippen LogP contribution in [0.2, 0.25) is 0 Å². The van der Waals surface area contributed by atoms with Gasteiger partial charge in [-0.25, -0.2) is 19.6 Å². The molecule has 1 saturated heterocycles. The summed E-state index contributed by atoms with van der Waals surface area (Å²) in [5.41, 5.74) is 0.556. The second kappa shape index (κ2) is 5.05. The van der Waals surface area contributed by atoms with Gasteiger partial charge in [0.15, 0.2) is 17.7 Å². The van der Waals surface area contributed by atoms with Gasteiger partial charge in [0.25, 0.3) is 0 Å². The summed E-state index contributed by atoms with van der Waals surface area (Å²) in [6.07, 6.45) is -0.302. The van der Waals surface area contributed by atoms with Gasteiger partial charge in [-0.2, -0.15) is 0 Å². The zero-order chi connectivity index (χ0) is 15.0. The molecule has 1 atom stereocenters. The van der Waals surface area contributed by atoms with Crippen molar-refractivity contribution in [1.82, 2.24) is 24.8 Å². The van der Waals surface area contributed by atoms with E-state index >= 15 is 0 Å². The van der Waals surface area contributed by atoms with Crippen LogP contribution in [-0.2, 0) is 4.74 Å². The minimum absolute atomic E-state index is 0.322. The summed E-state index contributed by atoms with van der Waals surface area (Å²) in [5.74, 6) is 0.547. The van der Waals surface area contributed by atoms with Crippen LogP contribution >= 0.6 is 0 Å². The molecule has 1 aliphatic heterocycles. The van der Waals surface area contributed by atoms with E-state index in [2.05, 4.69) is 19.9 Å². The third-order valence-electron chi connectivity index (χ3n) is 3.38. The lowest BCUT2D eigenvalue weighted by Crippen LogP contribution is -2.51. The molecule has 3 N–H and O–H groups in total. The fraction of sp³-hybridized carbons (Fsp3) is 0.455. The number of carbonyl (C=O) groups is 1. The Balaban J connectivity index is 1.91. The molecule has 1 aliphatic rings. The van der Waals surface area contributed by atoms with Gasteiger partial charge in [-0.05, 0) is 0 Å². The molecule has 3 rings (SSSR count). The molecule has 1 fully saturated rings. The molecule has 0 saturated carbocycles. The highest BCUT2D eigenvalue weighted by Crippen LogP contribution is 2.21. The van der Waals surface area contributed by atoms with Crippen molar-refractivity contribution in [3.63, 3.8) is 0 Å². The Hall–Kier alpha value is -2.62. The Labute approximate surface area is 118 Å². The van der Waals surface area contributed by atoms with Crippen molar-refractivity contribution < 1.29 is 14.6 Å². The average Bonchev–Trinajstić information content (AvgIpc) is 2.86. The molecule has 10 heteroatoms. The first-order valence-corrected chi connectivity index (χ1v) is 6.31. The van der Waals surface area contributed by atoms with Crippen LogP contribution in [0.15, 0.2) is 11.1 Å². The smallest absolute Gasteiger partial charge is 0.409 e. The van der Waals surface area contributed by atoms with E-state index in [1.807, 2.05) is 4.90 Å². The number of aromatic nitrogens is 4. The molecule has 10 nitrogen and oxygen atoms in total. The summed E-state index contributed by atoms with van der Waals surface area (Å²) in [6.45, 7) is 1.23. The summed E-state index contributed by atoms with van der Waals surface area (Å²) in [7, 11) is 1.45. The standard InChI is InChI=1S/C11H14N6O4/c1-16(11(19)20)6-4-17(2-3-21-6)9-7-8(12-5-13-9)15-10(18)14-7/h5-6H,2-4H2,1H3,(H,19,20)(H2,12,13,14,15,18). The molecule has 3 heterocycles. The topological polar surface area (TPSA) is 127 Å². The van der Waals surface area contributed by atoms with Crippen LogP contribution < -0.4 is 10.6 Å². The van der Waals surface area contributed by atoms with Gasteiger partial charge in [-0.1, -0.05) is 0 Å². The second-order valence-electron chi connectivity index (χ2n) is 4.66. The number of imidazole rings is 1. The van der Waals surface area contributed by atoms with E-state index in [-0.39, 0.29) is 5.69 Å². The number of hydrogen-bond donors (Lipinski definition) is 3. The number of nitrogens with one attached hydrogen (secondary N) is 2. The summed E-state index contributed by atoms with van der Waals surface area (Å²) in [5, 5.41) is 9.02. The van der Waals surface area contributed by atoms with Crippen LogP contribution in [-0.4, -0.2) is 69.0 Å². The molecule has 2 aromatic rings. The maximum Gasteiger partial charge on any atom is 0.409 e. The third-order valence-corrected chi connectivity index (χ3v) is 3.38. The van der Waals surface area contributed by atoms with Crippen molar-refractivity contribution >= 4 is 23.1 Å². The van der Waals surface area contributed by atoms with E-state index < -0.39 is 12.3 Å². The minimum atomic E-state index is -1.07. The van der Waals surface area contributed by atoms with Crippen LogP contribution in [0.25, 0.3) is 11.2 Å². The molecule has 0 radical (unpaired) electrons. The number of morpholine rings is 1.